The van der Waals surface area contributed by atoms with Crippen LogP contribution in [-0.4, -0.2) is 9.78 Å². The monoisotopic (exact) mass is 347 g/mol. The first-order valence-electron chi connectivity index (χ1n) is 5.93. The molecule has 3 nitrogen and oxygen atoms in total. The largest absolute Gasteiger partial charge is 0.416 e. The van der Waals surface area contributed by atoms with E-state index in [4.69, 9.17) is 5.73 Å². The Balaban J connectivity index is 2.45. The van der Waals surface area contributed by atoms with Crippen LogP contribution in [0.2, 0.25) is 0 Å². The summed E-state index contributed by atoms with van der Waals surface area (Å²) >= 11 is 3.36. The molecule has 1 aromatic carbocycles. The third-order valence-corrected chi connectivity index (χ3v) is 3.68. The van der Waals surface area contributed by atoms with Gasteiger partial charge in [-0.05, 0) is 46.1 Å². The number of rotatable bonds is 2. The van der Waals surface area contributed by atoms with E-state index in [1.54, 1.807) is 0 Å². The lowest BCUT2D eigenvalue weighted by Gasteiger charge is -2.08. The third kappa shape index (κ3) is 2.67. The quantitative estimate of drug-likeness (QED) is 0.876. The van der Waals surface area contributed by atoms with Gasteiger partial charge in [-0.15, -0.1) is 0 Å². The zero-order valence-electron chi connectivity index (χ0n) is 10.9. The van der Waals surface area contributed by atoms with Gasteiger partial charge in [0.15, 0.2) is 0 Å². The maximum Gasteiger partial charge on any atom is 0.416 e. The van der Waals surface area contributed by atoms with Crippen LogP contribution >= 0.6 is 15.9 Å². The summed E-state index contributed by atoms with van der Waals surface area (Å²) in [6.07, 6.45) is -4.35. The van der Waals surface area contributed by atoms with E-state index in [9.17, 15) is 13.2 Å². The summed E-state index contributed by atoms with van der Waals surface area (Å²) in [5.41, 5.74) is 6.48. The van der Waals surface area contributed by atoms with Crippen LogP contribution < -0.4 is 5.73 Å². The molecule has 0 saturated carbocycles. The molecule has 7 heteroatoms. The lowest BCUT2D eigenvalue weighted by atomic mass is 10.1. The molecule has 108 valence electrons. The maximum atomic E-state index is 12.5. The van der Waals surface area contributed by atoms with Crippen molar-refractivity contribution in [2.24, 2.45) is 0 Å². The van der Waals surface area contributed by atoms with Gasteiger partial charge in [0, 0.05) is 0 Å². The van der Waals surface area contributed by atoms with Crippen molar-refractivity contribution < 1.29 is 13.2 Å². The highest BCUT2D eigenvalue weighted by atomic mass is 79.9. The average molecular weight is 348 g/mol. The number of nitrogen functional groups attached to an aromatic ring is 1. The molecule has 2 rings (SSSR count). The molecule has 1 aromatic heterocycles. The molecular formula is C13H13BrF3N3. The molecule has 0 aliphatic heterocycles. The first-order valence-corrected chi connectivity index (χ1v) is 6.72. The minimum atomic E-state index is -4.35. The molecule has 2 aromatic rings. The fraction of sp³-hybridized carbons (Fsp3) is 0.308. The minimum absolute atomic E-state index is 0.155. The molecule has 0 amide bonds. The Labute approximate surface area is 122 Å². The predicted octanol–water partition coefficient (Wildman–Crippen LogP) is 4.36. The third-order valence-electron chi connectivity index (χ3n) is 2.87. The Morgan fingerprint density at radius 1 is 1.20 bits per heavy atom. The van der Waals surface area contributed by atoms with Crippen LogP contribution in [-0.2, 0) is 6.18 Å². The van der Waals surface area contributed by atoms with Crippen molar-refractivity contribution in [2.45, 2.75) is 25.9 Å². The molecule has 0 atom stereocenters. The van der Waals surface area contributed by atoms with E-state index in [0.29, 0.717) is 16.0 Å². The Kier molecular flexibility index (Phi) is 3.82. The lowest BCUT2D eigenvalue weighted by Crippen LogP contribution is -2.06. The van der Waals surface area contributed by atoms with Crippen molar-refractivity contribution in [2.75, 3.05) is 5.73 Å². The number of hydrogen-bond acceptors (Lipinski definition) is 2. The highest BCUT2D eigenvalue weighted by Gasteiger charge is 2.30. The first-order chi connectivity index (χ1) is 9.21. The molecule has 0 saturated heterocycles. The second-order valence-corrected chi connectivity index (χ2v) is 5.49. The van der Waals surface area contributed by atoms with Gasteiger partial charge in [-0.25, -0.2) is 4.68 Å². The number of hydrogen-bond donors (Lipinski definition) is 1. The normalized spacial score (nSPS) is 12.2. The average Bonchev–Trinajstić information content (AvgIpc) is 2.66. The molecule has 0 radical (unpaired) electrons. The highest BCUT2D eigenvalue weighted by molar-refractivity contribution is 9.10. The molecule has 20 heavy (non-hydrogen) atoms. The van der Waals surface area contributed by atoms with Crippen LogP contribution in [0, 0.1) is 0 Å². The van der Waals surface area contributed by atoms with Gasteiger partial charge in [-0.2, -0.15) is 18.3 Å². The number of aromatic nitrogens is 2. The van der Waals surface area contributed by atoms with Crippen LogP contribution in [0.25, 0.3) is 5.69 Å². The molecule has 0 spiro atoms. The van der Waals surface area contributed by atoms with Gasteiger partial charge in [0.1, 0.15) is 5.82 Å². The Morgan fingerprint density at radius 3 is 2.15 bits per heavy atom. The van der Waals surface area contributed by atoms with Crippen LogP contribution in [0.1, 0.15) is 31.0 Å². The lowest BCUT2D eigenvalue weighted by molar-refractivity contribution is -0.137. The summed E-state index contributed by atoms with van der Waals surface area (Å²) in [6, 6.07) is 4.73. The van der Waals surface area contributed by atoms with Gasteiger partial charge in [0.05, 0.1) is 21.4 Å². The Bertz CT molecular complexity index is 615. The van der Waals surface area contributed by atoms with Crippen molar-refractivity contribution >= 4 is 21.7 Å². The molecule has 2 N–H and O–H groups in total. The van der Waals surface area contributed by atoms with Gasteiger partial charge < -0.3 is 5.73 Å². The van der Waals surface area contributed by atoms with Gasteiger partial charge in [-0.3, -0.25) is 0 Å². The fourth-order valence-corrected chi connectivity index (χ4v) is 2.49. The first kappa shape index (κ1) is 14.9. The van der Waals surface area contributed by atoms with E-state index < -0.39 is 11.7 Å². The zero-order chi connectivity index (χ0) is 15.1. The van der Waals surface area contributed by atoms with Crippen LogP contribution in [0.3, 0.4) is 0 Å². The van der Waals surface area contributed by atoms with E-state index in [0.717, 1.165) is 17.8 Å². The van der Waals surface area contributed by atoms with Crippen molar-refractivity contribution in [3.8, 4) is 5.69 Å². The van der Waals surface area contributed by atoms with E-state index >= 15 is 0 Å². The van der Waals surface area contributed by atoms with E-state index in [2.05, 4.69) is 21.0 Å². The molecular weight excluding hydrogens is 335 g/mol. The summed E-state index contributed by atoms with van der Waals surface area (Å²) in [4.78, 5) is 0. The summed E-state index contributed by atoms with van der Waals surface area (Å²) in [5.74, 6) is 0.524. The fourth-order valence-electron chi connectivity index (χ4n) is 1.79. The van der Waals surface area contributed by atoms with E-state index in [1.807, 2.05) is 13.8 Å². The predicted molar refractivity (Wildman–Crippen MR) is 74.8 cm³/mol. The van der Waals surface area contributed by atoms with Crippen LogP contribution in [0.5, 0.6) is 0 Å². The summed E-state index contributed by atoms with van der Waals surface area (Å²) < 4.78 is 39.7. The second-order valence-electron chi connectivity index (χ2n) is 4.70. The molecule has 0 aliphatic carbocycles. The van der Waals surface area contributed by atoms with Gasteiger partial charge in [0.2, 0.25) is 0 Å². The standard InChI is InChI=1S/C13H13BrF3N3/c1-7(2)11-10(14)12(18)20(19-11)9-5-3-8(4-6-9)13(15,16)17/h3-7H,18H2,1-2H3. The second kappa shape index (κ2) is 5.12. The number of anilines is 1. The molecule has 0 bridgehead atoms. The maximum absolute atomic E-state index is 12.5. The molecule has 1 heterocycles. The van der Waals surface area contributed by atoms with Crippen molar-refractivity contribution in [3.05, 3.63) is 40.0 Å². The van der Waals surface area contributed by atoms with Crippen molar-refractivity contribution in [1.29, 1.82) is 0 Å². The van der Waals surface area contributed by atoms with E-state index in [1.165, 1.54) is 16.8 Å². The highest BCUT2D eigenvalue weighted by Crippen LogP contribution is 2.33. The molecule has 0 aliphatic rings. The number of nitrogens with two attached hydrogens (primary N) is 1. The van der Waals surface area contributed by atoms with Gasteiger partial charge in [0.25, 0.3) is 0 Å². The van der Waals surface area contributed by atoms with Crippen LogP contribution in [0.15, 0.2) is 28.7 Å². The Hall–Kier alpha value is -1.50. The number of benzene rings is 1. The molecule has 0 unspecified atom stereocenters. The number of alkyl halides is 3. The van der Waals surface area contributed by atoms with Gasteiger partial charge in [-0.1, -0.05) is 13.8 Å². The zero-order valence-corrected chi connectivity index (χ0v) is 12.5. The number of halogens is 4. The summed E-state index contributed by atoms with van der Waals surface area (Å²) in [6.45, 7) is 3.92. The Morgan fingerprint density at radius 2 is 1.75 bits per heavy atom. The summed E-state index contributed by atoms with van der Waals surface area (Å²) in [7, 11) is 0. The van der Waals surface area contributed by atoms with Crippen LogP contribution in [0.4, 0.5) is 19.0 Å². The van der Waals surface area contributed by atoms with E-state index in [-0.39, 0.29) is 5.92 Å². The SMILES string of the molecule is CC(C)c1nn(-c2ccc(C(F)(F)F)cc2)c(N)c1Br. The minimum Gasteiger partial charge on any atom is -0.383 e. The smallest absolute Gasteiger partial charge is 0.383 e. The number of nitrogens with zero attached hydrogens (tertiary/aromatic N) is 2. The molecule has 0 fully saturated rings. The topological polar surface area (TPSA) is 43.8 Å². The summed E-state index contributed by atoms with van der Waals surface area (Å²) in [5, 5.41) is 4.33. The van der Waals surface area contributed by atoms with Gasteiger partial charge >= 0.3 is 6.18 Å². The van der Waals surface area contributed by atoms with Crippen molar-refractivity contribution in [3.63, 3.8) is 0 Å². The van der Waals surface area contributed by atoms with Crippen molar-refractivity contribution in [1.82, 2.24) is 9.78 Å².